The van der Waals surface area contributed by atoms with Crippen molar-refractivity contribution in [3.8, 4) is 0 Å². The van der Waals surface area contributed by atoms with Gasteiger partial charge in [0.1, 0.15) is 13.2 Å². The molecule has 1 fully saturated rings. The molecule has 0 amide bonds. The molecule has 0 spiro atoms. The first-order chi connectivity index (χ1) is 16.7. The van der Waals surface area contributed by atoms with E-state index in [9.17, 15) is 9.59 Å². The topological polar surface area (TPSA) is 55.8 Å². The molecule has 0 atom stereocenters. The Morgan fingerprint density at radius 1 is 0.559 bits per heavy atom. The Kier molecular flexibility index (Phi) is 21.5. The highest BCUT2D eigenvalue weighted by Gasteiger charge is 2.10. The van der Waals surface area contributed by atoms with Gasteiger partial charge in [-0.15, -0.1) is 0 Å². The highest BCUT2D eigenvalue weighted by Crippen LogP contribution is 2.13. The zero-order valence-electron chi connectivity index (χ0n) is 22.5. The van der Waals surface area contributed by atoms with Crippen LogP contribution in [0.3, 0.4) is 0 Å². The molecule has 0 unspecified atom stereocenters. The van der Waals surface area contributed by atoms with Gasteiger partial charge in [-0.1, -0.05) is 110 Å². The minimum Gasteiger partial charge on any atom is -0.464 e. The fourth-order valence-electron chi connectivity index (χ4n) is 4.66. The first kappa shape index (κ1) is 30.9. The zero-order valence-corrected chi connectivity index (χ0v) is 22.5. The van der Waals surface area contributed by atoms with Crippen molar-refractivity contribution < 1.29 is 19.1 Å². The van der Waals surface area contributed by atoms with Crippen LogP contribution < -0.4 is 0 Å². The van der Waals surface area contributed by atoms with Gasteiger partial charge in [0, 0.05) is 25.9 Å². The van der Waals surface area contributed by atoms with Gasteiger partial charge in [0.25, 0.3) is 0 Å². The summed E-state index contributed by atoms with van der Waals surface area (Å²) in [6.07, 6.45) is 24.8. The average molecular weight is 482 g/mol. The van der Waals surface area contributed by atoms with Gasteiger partial charge >= 0.3 is 11.9 Å². The molecule has 34 heavy (non-hydrogen) atoms. The van der Waals surface area contributed by atoms with Gasteiger partial charge in [-0.3, -0.25) is 14.5 Å². The van der Waals surface area contributed by atoms with E-state index >= 15 is 0 Å². The summed E-state index contributed by atoms with van der Waals surface area (Å²) in [5.41, 5.74) is 0. The van der Waals surface area contributed by atoms with E-state index in [-0.39, 0.29) is 11.9 Å². The highest BCUT2D eigenvalue weighted by atomic mass is 16.5. The molecule has 0 aromatic heterocycles. The lowest BCUT2D eigenvalue weighted by atomic mass is 10.0. The maximum atomic E-state index is 12.0. The number of cyclic esters (lactones) is 2. The van der Waals surface area contributed by atoms with Crippen LogP contribution in [0.2, 0.25) is 0 Å². The fraction of sp³-hybridized carbons (Fsp3) is 0.931. The summed E-state index contributed by atoms with van der Waals surface area (Å²) < 4.78 is 10.9. The number of nitrogens with zero attached hydrogens (tertiary/aromatic N) is 1. The Hall–Kier alpha value is -1.10. The number of hydrogen-bond donors (Lipinski definition) is 0. The molecule has 1 saturated heterocycles. The van der Waals surface area contributed by atoms with Gasteiger partial charge in [-0.2, -0.15) is 0 Å². The minimum absolute atomic E-state index is 0.0725. The third-order valence-corrected chi connectivity index (χ3v) is 6.93. The molecule has 5 heteroatoms. The summed E-state index contributed by atoms with van der Waals surface area (Å²) in [7, 11) is 0. The summed E-state index contributed by atoms with van der Waals surface area (Å²) in [6.45, 7) is 5.57. The van der Waals surface area contributed by atoms with Gasteiger partial charge in [0.2, 0.25) is 0 Å². The summed E-state index contributed by atoms with van der Waals surface area (Å²) in [6, 6.07) is 0. The predicted molar refractivity (Wildman–Crippen MR) is 141 cm³/mol. The molecule has 1 aliphatic heterocycles. The molecule has 200 valence electrons. The molecule has 0 radical (unpaired) electrons. The van der Waals surface area contributed by atoms with Gasteiger partial charge in [-0.25, -0.2) is 0 Å². The highest BCUT2D eigenvalue weighted by molar-refractivity contribution is 5.69. The SMILES string of the molecule is CCCCCCCCCCCCCCCN1CCOC(=O)CCCCCCCCC(=O)OCC1. The molecule has 0 N–H and O–H groups in total. The van der Waals surface area contributed by atoms with Crippen LogP contribution >= 0.6 is 0 Å². The molecule has 1 rings (SSSR count). The van der Waals surface area contributed by atoms with E-state index in [0.29, 0.717) is 26.1 Å². The summed E-state index contributed by atoms with van der Waals surface area (Å²) in [4.78, 5) is 26.2. The van der Waals surface area contributed by atoms with Gasteiger partial charge < -0.3 is 9.47 Å². The number of unbranched alkanes of at least 4 members (excludes halogenated alkanes) is 12. The van der Waals surface area contributed by atoms with Crippen molar-refractivity contribution in [2.45, 2.75) is 142 Å². The van der Waals surface area contributed by atoms with Crippen molar-refractivity contribution >= 4 is 11.9 Å². The number of esters is 2. The summed E-state index contributed by atoms with van der Waals surface area (Å²) in [5, 5.41) is 0. The quantitative estimate of drug-likeness (QED) is 0.189. The molecule has 1 heterocycles. The second-order valence-corrected chi connectivity index (χ2v) is 10.1. The van der Waals surface area contributed by atoms with E-state index in [1.807, 2.05) is 0 Å². The number of hydrogen-bond acceptors (Lipinski definition) is 5. The largest absolute Gasteiger partial charge is 0.464 e. The van der Waals surface area contributed by atoms with E-state index in [1.54, 1.807) is 0 Å². The number of rotatable bonds is 14. The number of carbonyl (C=O) groups is 2. The normalized spacial score (nSPS) is 18.3. The van der Waals surface area contributed by atoms with E-state index in [2.05, 4.69) is 11.8 Å². The fourth-order valence-corrected chi connectivity index (χ4v) is 4.66. The minimum atomic E-state index is -0.0725. The maximum absolute atomic E-state index is 12.0. The maximum Gasteiger partial charge on any atom is 0.305 e. The molecule has 0 aromatic rings. The molecule has 0 aliphatic carbocycles. The van der Waals surface area contributed by atoms with E-state index < -0.39 is 0 Å². The first-order valence-corrected chi connectivity index (χ1v) is 14.8. The lowest BCUT2D eigenvalue weighted by Gasteiger charge is -2.22. The van der Waals surface area contributed by atoms with Gasteiger partial charge in [0.15, 0.2) is 0 Å². The molecule has 5 nitrogen and oxygen atoms in total. The average Bonchev–Trinajstić information content (AvgIpc) is 2.83. The Balaban J connectivity index is 2.15. The van der Waals surface area contributed by atoms with Crippen molar-refractivity contribution in [1.29, 1.82) is 0 Å². The molecular weight excluding hydrogens is 426 g/mol. The number of ether oxygens (including phenoxy) is 2. The van der Waals surface area contributed by atoms with Crippen molar-refractivity contribution in [3.05, 3.63) is 0 Å². The van der Waals surface area contributed by atoms with Crippen LogP contribution in [0.4, 0.5) is 0 Å². The molecule has 1 aliphatic rings. The second-order valence-electron chi connectivity index (χ2n) is 10.1. The first-order valence-electron chi connectivity index (χ1n) is 14.8. The smallest absolute Gasteiger partial charge is 0.305 e. The van der Waals surface area contributed by atoms with Crippen LogP contribution in [0, 0.1) is 0 Å². The third-order valence-electron chi connectivity index (χ3n) is 6.93. The summed E-state index contributed by atoms with van der Waals surface area (Å²) in [5.74, 6) is -0.145. The third kappa shape index (κ3) is 20.3. The van der Waals surface area contributed by atoms with Gasteiger partial charge in [0.05, 0.1) is 0 Å². The Morgan fingerprint density at radius 3 is 1.38 bits per heavy atom. The van der Waals surface area contributed by atoms with Crippen LogP contribution in [0.1, 0.15) is 142 Å². The molecule has 0 saturated carbocycles. The van der Waals surface area contributed by atoms with Crippen molar-refractivity contribution in [3.63, 3.8) is 0 Å². The van der Waals surface area contributed by atoms with E-state index in [4.69, 9.17) is 9.47 Å². The van der Waals surface area contributed by atoms with Crippen LogP contribution in [0.5, 0.6) is 0 Å². The number of carbonyl (C=O) groups excluding carboxylic acids is 2. The Bertz CT molecular complexity index is 455. The monoisotopic (exact) mass is 481 g/mol. The van der Waals surface area contributed by atoms with Crippen molar-refractivity contribution in [2.24, 2.45) is 0 Å². The lowest BCUT2D eigenvalue weighted by Crippen LogP contribution is -2.33. The van der Waals surface area contributed by atoms with Crippen LogP contribution in [-0.2, 0) is 19.1 Å². The van der Waals surface area contributed by atoms with Crippen LogP contribution in [-0.4, -0.2) is 49.7 Å². The summed E-state index contributed by atoms with van der Waals surface area (Å²) >= 11 is 0. The van der Waals surface area contributed by atoms with E-state index in [1.165, 1.54) is 77.0 Å². The standard InChI is InChI=1S/C29H55NO4/c1-2-3-4-5-6-7-8-9-10-11-14-17-20-23-30-24-26-33-28(31)21-18-15-12-13-16-19-22-29(32)34-27-25-30/h2-27H2,1H3. The van der Waals surface area contributed by atoms with Crippen LogP contribution in [0.15, 0.2) is 0 Å². The lowest BCUT2D eigenvalue weighted by molar-refractivity contribution is -0.144. The Labute approximate surface area is 210 Å². The molecule has 0 bridgehead atoms. The van der Waals surface area contributed by atoms with Crippen molar-refractivity contribution in [1.82, 2.24) is 4.90 Å². The molecular formula is C29H55NO4. The van der Waals surface area contributed by atoms with Crippen molar-refractivity contribution in [2.75, 3.05) is 32.8 Å². The zero-order chi connectivity index (χ0) is 24.5. The Morgan fingerprint density at radius 2 is 0.941 bits per heavy atom. The van der Waals surface area contributed by atoms with E-state index in [0.717, 1.165) is 64.6 Å². The predicted octanol–water partition coefficient (Wildman–Crippen LogP) is 7.60. The van der Waals surface area contributed by atoms with Crippen LogP contribution in [0.25, 0.3) is 0 Å². The second kappa shape index (κ2) is 23.6. The molecule has 0 aromatic carbocycles. The van der Waals surface area contributed by atoms with Gasteiger partial charge in [-0.05, 0) is 25.8 Å².